The second-order valence-electron chi connectivity index (χ2n) is 8.43. The quantitative estimate of drug-likeness (QED) is 0.556. The summed E-state index contributed by atoms with van der Waals surface area (Å²) in [5.41, 5.74) is 3.20. The number of carbonyl (C=O) groups is 1. The van der Waals surface area contributed by atoms with Gasteiger partial charge in [0, 0.05) is 49.6 Å². The standard InChI is InChI=1S/C24H30ClN5O2/c1-4-30-23-20(14-27-30)22(28-19-9-11-32-12-10-19)21(13-26-23)24(31)29(16(2)3)15-17-5-7-18(25)8-6-17/h5-8,13-14,16,19H,4,9-12,15H2,1-3H3,(H,26,28). The summed E-state index contributed by atoms with van der Waals surface area (Å²) >= 11 is 6.04. The Kier molecular flexibility index (Phi) is 6.96. The number of nitrogens with zero attached hydrogens (tertiary/aromatic N) is 4. The predicted octanol–water partition coefficient (Wildman–Crippen LogP) is 4.75. The van der Waals surface area contributed by atoms with Crippen LogP contribution in [0.2, 0.25) is 5.02 Å². The van der Waals surface area contributed by atoms with E-state index in [9.17, 15) is 4.79 Å². The lowest BCUT2D eigenvalue weighted by Gasteiger charge is -2.29. The third-order valence-corrected chi connectivity index (χ3v) is 6.17. The lowest BCUT2D eigenvalue weighted by atomic mass is 10.1. The first-order valence-electron chi connectivity index (χ1n) is 11.2. The monoisotopic (exact) mass is 455 g/mol. The highest BCUT2D eigenvalue weighted by atomic mass is 35.5. The fourth-order valence-corrected chi connectivity index (χ4v) is 4.18. The number of pyridine rings is 1. The van der Waals surface area contributed by atoms with Crippen LogP contribution in [0.5, 0.6) is 0 Å². The Bertz CT molecular complexity index is 1070. The third-order valence-electron chi connectivity index (χ3n) is 5.92. The number of fused-ring (bicyclic) bond motifs is 1. The van der Waals surface area contributed by atoms with Crippen LogP contribution in [-0.2, 0) is 17.8 Å². The number of anilines is 1. The highest BCUT2D eigenvalue weighted by molar-refractivity contribution is 6.30. The van der Waals surface area contributed by atoms with Crippen molar-refractivity contribution in [2.75, 3.05) is 18.5 Å². The average Bonchev–Trinajstić information content (AvgIpc) is 3.22. The number of halogens is 1. The number of amides is 1. The number of nitrogens with one attached hydrogen (secondary N) is 1. The van der Waals surface area contributed by atoms with Crippen molar-refractivity contribution in [1.29, 1.82) is 0 Å². The van der Waals surface area contributed by atoms with E-state index in [1.165, 1.54) is 0 Å². The van der Waals surface area contributed by atoms with Gasteiger partial charge < -0.3 is 15.0 Å². The van der Waals surface area contributed by atoms with Gasteiger partial charge in [0.1, 0.15) is 0 Å². The first-order chi connectivity index (χ1) is 15.5. The molecule has 3 aromatic rings. The first kappa shape index (κ1) is 22.6. The molecule has 0 radical (unpaired) electrons. The van der Waals surface area contributed by atoms with E-state index in [4.69, 9.17) is 16.3 Å². The van der Waals surface area contributed by atoms with E-state index in [1.54, 1.807) is 6.20 Å². The Morgan fingerprint density at radius 1 is 1.25 bits per heavy atom. The van der Waals surface area contributed by atoms with Crippen LogP contribution < -0.4 is 5.32 Å². The van der Waals surface area contributed by atoms with Gasteiger partial charge in [-0.3, -0.25) is 4.79 Å². The highest BCUT2D eigenvalue weighted by Crippen LogP contribution is 2.30. The van der Waals surface area contributed by atoms with Crippen LogP contribution in [0.25, 0.3) is 11.0 Å². The Labute approximate surface area is 193 Å². The zero-order chi connectivity index (χ0) is 22.7. The van der Waals surface area contributed by atoms with Gasteiger partial charge >= 0.3 is 0 Å². The minimum absolute atomic E-state index is 0.0168. The lowest BCUT2D eigenvalue weighted by molar-refractivity contribution is 0.0691. The van der Waals surface area contributed by atoms with E-state index in [2.05, 4.69) is 15.4 Å². The van der Waals surface area contributed by atoms with Crippen LogP contribution in [-0.4, -0.2) is 50.9 Å². The molecule has 4 rings (SSSR count). The molecule has 0 unspecified atom stereocenters. The molecule has 0 bridgehead atoms. The van der Waals surface area contributed by atoms with Crippen molar-refractivity contribution in [3.8, 4) is 0 Å². The molecule has 1 aromatic carbocycles. The van der Waals surface area contributed by atoms with Gasteiger partial charge in [0.25, 0.3) is 5.91 Å². The number of aryl methyl sites for hydroxylation is 1. The van der Waals surface area contributed by atoms with Crippen molar-refractivity contribution in [1.82, 2.24) is 19.7 Å². The number of benzene rings is 1. The zero-order valence-corrected chi connectivity index (χ0v) is 19.6. The second-order valence-corrected chi connectivity index (χ2v) is 8.87. The minimum Gasteiger partial charge on any atom is -0.381 e. The van der Waals surface area contributed by atoms with E-state index in [1.807, 2.05) is 60.8 Å². The Morgan fingerprint density at radius 3 is 2.62 bits per heavy atom. The molecule has 1 aliphatic heterocycles. The number of hydrogen-bond acceptors (Lipinski definition) is 5. The van der Waals surface area contributed by atoms with Crippen LogP contribution in [0.15, 0.2) is 36.7 Å². The number of hydrogen-bond donors (Lipinski definition) is 1. The van der Waals surface area contributed by atoms with Crippen LogP contribution in [0.3, 0.4) is 0 Å². The fourth-order valence-electron chi connectivity index (χ4n) is 4.05. The van der Waals surface area contributed by atoms with Crippen LogP contribution in [0, 0.1) is 0 Å². The molecule has 0 spiro atoms. The molecule has 0 aliphatic carbocycles. The molecule has 1 N–H and O–H groups in total. The Hall–Kier alpha value is -2.64. The molecule has 1 amide bonds. The lowest BCUT2D eigenvalue weighted by Crippen LogP contribution is -2.37. The normalized spacial score (nSPS) is 14.8. The molecule has 32 heavy (non-hydrogen) atoms. The van der Waals surface area contributed by atoms with Gasteiger partial charge in [0.15, 0.2) is 5.65 Å². The van der Waals surface area contributed by atoms with Crippen LogP contribution in [0.1, 0.15) is 49.5 Å². The summed E-state index contributed by atoms with van der Waals surface area (Å²) in [7, 11) is 0. The summed E-state index contributed by atoms with van der Waals surface area (Å²) in [6.45, 7) is 8.74. The minimum atomic E-state index is -0.0526. The predicted molar refractivity (Wildman–Crippen MR) is 127 cm³/mol. The molecular formula is C24H30ClN5O2. The van der Waals surface area contributed by atoms with Crippen molar-refractivity contribution in [2.45, 2.75) is 58.8 Å². The van der Waals surface area contributed by atoms with Crippen molar-refractivity contribution in [2.24, 2.45) is 0 Å². The van der Waals surface area contributed by atoms with Gasteiger partial charge in [-0.15, -0.1) is 0 Å². The number of rotatable bonds is 7. The molecular weight excluding hydrogens is 426 g/mol. The average molecular weight is 456 g/mol. The van der Waals surface area contributed by atoms with Crippen molar-refractivity contribution >= 4 is 34.2 Å². The second kappa shape index (κ2) is 9.88. The Balaban J connectivity index is 1.72. The van der Waals surface area contributed by atoms with Gasteiger partial charge in [0.2, 0.25) is 0 Å². The molecule has 0 atom stereocenters. The maximum absolute atomic E-state index is 13.8. The zero-order valence-electron chi connectivity index (χ0n) is 18.8. The maximum Gasteiger partial charge on any atom is 0.258 e. The molecule has 1 saturated heterocycles. The van der Waals surface area contributed by atoms with Gasteiger partial charge in [-0.2, -0.15) is 5.10 Å². The summed E-state index contributed by atoms with van der Waals surface area (Å²) < 4.78 is 7.37. The molecule has 170 valence electrons. The topological polar surface area (TPSA) is 72.3 Å². The maximum atomic E-state index is 13.8. The van der Waals surface area contributed by atoms with Crippen LogP contribution in [0.4, 0.5) is 5.69 Å². The van der Waals surface area contributed by atoms with E-state index in [-0.39, 0.29) is 18.0 Å². The smallest absolute Gasteiger partial charge is 0.258 e. The van der Waals surface area contributed by atoms with Crippen molar-refractivity contribution in [3.05, 3.63) is 52.8 Å². The third kappa shape index (κ3) is 4.74. The summed E-state index contributed by atoms with van der Waals surface area (Å²) in [5, 5.41) is 9.67. The molecule has 2 aromatic heterocycles. The summed E-state index contributed by atoms with van der Waals surface area (Å²) in [6.07, 6.45) is 5.30. The highest BCUT2D eigenvalue weighted by Gasteiger charge is 2.26. The van der Waals surface area contributed by atoms with E-state index in [0.29, 0.717) is 17.1 Å². The van der Waals surface area contributed by atoms with E-state index >= 15 is 0 Å². The molecule has 7 nitrogen and oxygen atoms in total. The molecule has 1 aliphatic rings. The largest absolute Gasteiger partial charge is 0.381 e. The van der Waals surface area contributed by atoms with Crippen LogP contribution >= 0.6 is 11.6 Å². The van der Waals surface area contributed by atoms with Crippen molar-refractivity contribution < 1.29 is 9.53 Å². The van der Waals surface area contributed by atoms with Crippen molar-refractivity contribution in [3.63, 3.8) is 0 Å². The fraction of sp³-hybridized carbons (Fsp3) is 0.458. The SMILES string of the molecule is CCn1ncc2c(NC3CCOCC3)c(C(=O)N(Cc3ccc(Cl)cc3)C(C)C)cnc21. The van der Waals surface area contributed by atoms with E-state index in [0.717, 1.165) is 54.9 Å². The van der Waals surface area contributed by atoms with Gasteiger partial charge in [-0.25, -0.2) is 9.67 Å². The molecule has 3 heterocycles. The van der Waals surface area contributed by atoms with E-state index < -0.39 is 0 Å². The number of ether oxygens (including phenoxy) is 1. The number of aromatic nitrogens is 3. The Morgan fingerprint density at radius 2 is 1.97 bits per heavy atom. The number of carbonyl (C=O) groups excluding carboxylic acids is 1. The van der Waals surface area contributed by atoms with Gasteiger partial charge in [-0.1, -0.05) is 23.7 Å². The molecule has 1 fully saturated rings. The van der Waals surface area contributed by atoms with Gasteiger partial charge in [-0.05, 0) is 51.3 Å². The summed E-state index contributed by atoms with van der Waals surface area (Å²) in [6, 6.07) is 7.88. The first-order valence-corrected chi connectivity index (χ1v) is 11.6. The summed E-state index contributed by atoms with van der Waals surface area (Å²) in [5.74, 6) is -0.0526. The van der Waals surface area contributed by atoms with Gasteiger partial charge in [0.05, 0.1) is 22.8 Å². The molecule has 0 saturated carbocycles. The summed E-state index contributed by atoms with van der Waals surface area (Å²) in [4.78, 5) is 20.3. The molecule has 8 heteroatoms.